The molecule has 0 unspecified atom stereocenters. The standard InChI is InChI=1S/C15H10Cl2N2O/c16-10-4-3-5-11(17)9(10)8-14(20)15-18-12-6-1-2-7-13(12)19-15/h1-7H,8H2,(H,18,19). The Hall–Kier alpha value is -1.84. The van der Waals surface area contributed by atoms with Crippen LogP contribution in [0.1, 0.15) is 16.2 Å². The van der Waals surface area contributed by atoms with Gasteiger partial charge in [0.25, 0.3) is 0 Å². The zero-order chi connectivity index (χ0) is 14.1. The van der Waals surface area contributed by atoms with Crippen molar-refractivity contribution in [1.29, 1.82) is 0 Å². The number of nitrogens with zero attached hydrogens (tertiary/aromatic N) is 1. The van der Waals surface area contributed by atoms with Gasteiger partial charge in [0, 0.05) is 16.5 Å². The number of rotatable bonds is 3. The van der Waals surface area contributed by atoms with Gasteiger partial charge in [-0.3, -0.25) is 4.79 Å². The molecule has 1 N–H and O–H groups in total. The van der Waals surface area contributed by atoms with Crippen molar-refractivity contribution in [3.8, 4) is 0 Å². The number of carbonyl (C=O) groups is 1. The average molecular weight is 305 g/mol. The first-order chi connectivity index (χ1) is 9.65. The van der Waals surface area contributed by atoms with Crippen molar-refractivity contribution in [1.82, 2.24) is 9.97 Å². The lowest BCUT2D eigenvalue weighted by Crippen LogP contribution is -2.06. The zero-order valence-electron chi connectivity index (χ0n) is 10.4. The molecule has 0 aliphatic heterocycles. The number of aromatic nitrogens is 2. The van der Waals surface area contributed by atoms with Gasteiger partial charge in [-0.2, -0.15) is 0 Å². The Kier molecular flexibility index (Phi) is 3.47. The Morgan fingerprint density at radius 2 is 1.75 bits per heavy atom. The summed E-state index contributed by atoms with van der Waals surface area (Å²) in [5, 5.41) is 0.976. The third-order valence-electron chi connectivity index (χ3n) is 3.05. The van der Waals surface area contributed by atoms with Gasteiger partial charge in [-0.1, -0.05) is 41.4 Å². The summed E-state index contributed by atoms with van der Waals surface area (Å²) in [4.78, 5) is 19.6. The van der Waals surface area contributed by atoms with E-state index in [1.165, 1.54) is 0 Å². The lowest BCUT2D eigenvalue weighted by atomic mass is 10.1. The Labute approximate surface area is 125 Å². The molecule has 1 heterocycles. The van der Waals surface area contributed by atoms with Crippen LogP contribution in [0.15, 0.2) is 42.5 Å². The second-order valence-corrected chi connectivity index (χ2v) is 5.22. The summed E-state index contributed by atoms with van der Waals surface area (Å²) in [6, 6.07) is 12.7. The lowest BCUT2D eigenvalue weighted by Gasteiger charge is -2.04. The smallest absolute Gasteiger partial charge is 0.202 e. The Balaban J connectivity index is 1.93. The van der Waals surface area contributed by atoms with Gasteiger partial charge in [-0.25, -0.2) is 4.98 Å². The number of H-pyrrole nitrogens is 1. The fraction of sp³-hybridized carbons (Fsp3) is 0.0667. The third kappa shape index (κ3) is 2.42. The maximum absolute atomic E-state index is 12.3. The highest BCUT2D eigenvalue weighted by atomic mass is 35.5. The first kappa shape index (κ1) is 13.2. The summed E-state index contributed by atoms with van der Waals surface area (Å²) in [6.45, 7) is 0. The molecule has 0 saturated heterocycles. The highest BCUT2D eigenvalue weighted by Crippen LogP contribution is 2.25. The summed E-state index contributed by atoms with van der Waals surface area (Å²) in [6.07, 6.45) is 0.123. The summed E-state index contributed by atoms with van der Waals surface area (Å²) < 4.78 is 0. The fourth-order valence-corrected chi connectivity index (χ4v) is 2.56. The maximum atomic E-state index is 12.3. The van der Waals surface area contributed by atoms with Gasteiger partial charge in [-0.05, 0) is 29.8 Å². The van der Waals surface area contributed by atoms with Crippen LogP contribution in [0.25, 0.3) is 11.0 Å². The molecular formula is C15H10Cl2N2O. The third-order valence-corrected chi connectivity index (χ3v) is 3.76. The molecule has 0 radical (unpaired) electrons. The number of halogens is 2. The minimum atomic E-state index is -0.142. The quantitative estimate of drug-likeness (QED) is 0.733. The molecule has 100 valence electrons. The fourth-order valence-electron chi connectivity index (χ4n) is 2.03. The predicted molar refractivity (Wildman–Crippen MR) is 80.6 cm³/mol. The van der Waals surface area contributed by atoms with Crippen LogP contribution >= 0.6 is 23.2 Å². The number of benzene rings is 2. The van der Waals surface area contributed by atoms with Crippen LogP contribution in [0.5, 0.6) is 0 Å². The second kappa shape index (κ2) is 5.27. The van der Waals surface area contributed by atoms with E-state index >= 15 is 0 Å². The first-order valence-corrected chi connectivity index (χ1v) is 6.81. The SMILES string of the molecule is O=C(Cc1c(Cl)cccc1Cl)c1nc2ccccc2[nH]1. The number of para-hydroxylation sites is 2. The highest BCUT2D eigenvalue weighted by Gasteiger charge is 2.15. The normalized spacial score (nSPS) is 10.9. The summed E-state index contributed by atoms with van der Waals surface area (Å²) in [5.41, 5.74) is 2.23. The Bertz CT molecular complexity index is 742. The predicted octanol–water partition coefficient (Wildman–Crippen LogP) is 4.30. The molecule has 3 aromatic rings. The van der Waals surface area contributed by atoms with E-state index in [0.717, 1.165) is 11.0 Å². The van der Waals surface area contributed by atoms with E-state index in [-0.39, 0.29) is 12.2 Å². The van der Waals surface area contributed by atoms with Gasteiger partial charge < -0.3 is 4.98 Å². The highest BCUT2D eigenvalue weighted by molar-refractivity contribution is 6.36. The van der Waals surface area contributed by atoms with E-state index in [9.17, 15) is 4.79 Å². The molecule has 0 saturated carbocycles. The molecule has 0 bridgehead atoms. The molecule has 3 nitrogen and oxygen atoms in total. The number of hydrogen-bond acceptors (Lipinski definition) is 2. The number of Topliss-reactive ketones (excluding diaryl/α,β-unsaturated/α-hetero) is 1. The van der Waals surface area contributed by atoms with Crippen molar-refractivity contribution in [3.05, 3.63) is 63.9 Å². The molecule has 1 aromatic heterocycles. The Morgan fingerprint density at radius 1 is 1.05 bits per heavy atom. The molecule has 2 aromatic carbocycles. The van der Waals surface area contributed by atoms with Crippen LogP contribution in [-0.2, 0) is 6.42 Å². The number of carbonyl (C=O) groups excluding carboxylic acids is 1. The van der Waals surface area contributed by atoms with Crippen LogP contribution in [0, 0.1) is 0 Å². The molecule has 0 aliphatic carbocycles. The molecule has 0 fully saturated rings. The lowest BCUT2D eigenvalue weighted by molar-refractivity contribution is 0.0984. The van der Waals surface area contributed by atoms with E-state index in [2.05, 4.69) is 9.97 Å². The van der Waals surface area contributed by atoms with Gasteiger partial charge in [0.1, 0.15) is 0 Å². The van der Waals surface area contributed by atoms with E-state index in [4.69, 9.17) is 23.2 Å². The van der Waals surface area contributed by atoms with Crippen LogP contribution in [0.4, 0.5) is 0 Å². The average Bonchev–Trinajstić information content (AvgIpc) is 2.87. The van der Waals surface area contributed by atoms with Crippen molar-refractivity contribution >= 4 is 40.0 Å². The molecular weight excluding hydrogens is 295 g/mol. The van der Waals surface area contributed by atoms with Crippen molar-refractivity contribution < 1.29 is 4.79 Å². The van der Waals surface area contributed by atoms with Gasteiger partial charge in [0.05, 0.1) is 11.0 Å². The molecule has 3 rings (SSSR count). The van der Waals surface area contributed by atoms with Crippen LogP contribution < -0.4 is 0 Å². The second-order valence-electron chi connectivity index (χ2n) is 4.40. The van der Waals surface area contributed by atoms with Gasteiger partial charge >= 0.3 is 0 Å². The maximum Gasteiger partial charge on any atom is 0.202 e. The van der Waals surface area contributed by atoms with Crippen molar-refractivity contribution in [2.45, 2.75) is 6.42 Å². The van der Waals surface area contributed by atoms with E-state index < -0.39 is 0 Å². The van der Waals surface area contributed by atoms with Gasteiger partial charge in [-0.15, -0.1) is 0 Å². The number of hydrogen-bond donors (Lipinski definition) is 1. The number of imidazole rings is 1. The minimum absolute atomic E-state index is 0.123. The Morgan fingerprint density at radius 3 is 2.45 bits per heavy atom. The van der Waals surface area contributed by atoms with Crippen LogP contribution in [0.2, 0.25) is 10.0 Å². The monoisotopic (exact) mass is 304 g/mol. The van der Waals surface area contributed by atoms with Crippen molar-refractivity contribution in [2.75, 3.05) is 0 Å². The van der Waals surface area contributed by atoms with Crippen molar-refractivity contribution in [2.24, 2.45) is 0 Å². The number of ketones is 1. The van der Waals surface area contributed by atoms with Gasteiger partial charge in [0.15, 0.2) is 5.82 Å². The topological polar surface area (TPSA) is 45.8 Å². The summed E-state index contributed by atoms with van der Waals surface area (Å²) in [5.74, 6) is 0.179. The van der Waals surface area contributed by atoms with Gasteiger partial charge in [0.2, 0.25) is 5.78 Å². The van der Waals surface area contributed by atoms with E-state index in [1.807, 2.05) is 24.3 Å². The molecule has 0 atom stereocenters. The van der Waals surface area contributed by atoms with Crippen LogP contribution in [-0.4, -0.2) is 15.8 Å². The largest absolute Gasteiger partial charge is 0.335 e. The molecule has 5 heteroatoms. The number of fused-ring (bicyclic) bond motifs is 1. The van der Waals surface area contributed by atoms with E-state index in [1.54, 1.807) is 18.2 Å². The number of nitrogens with one attached hydrogen (secondary N) is 1. The summed E-state index contributed by atoms with van der Waals surface area (Å²) in [7, 11) is 0. The van der Waals surface area contributed by atoms with E-state index in [0.29, 0.717) is 21.4 Å². The minimum Gasteiger partial charge on any atom is -0.335 e. The molecule has 20 heavy (non-hydrogen) atoms. The zero-order valence-corrected chi connectivity index (χ0v) is 11.9. The van der Waals surface area contributed by atoms with Crippen LogP contribution in [0.3, 0.4) is 0 Å². The van der Waals surface area contributed by atoms with Crippen molar-refractivity contribution in [3.63, 3.8) is 0 Å². The molecule has 0 spiro atoms. The molecule has 0 aliphatic rings. The number of aromatic amines is 1. The summed E-state index contributed by atoms with van der Waals surface area (Å²) >= 11 is 12.1. The first-order valence-electron chi connectivity index (χ1n) is 6.06. The molecule has 0 amide bonds.